The summed E-state index contributed by atoms with van der Waals surface area (Å²) in [6, 6.07) is 17.0. The molecule has 0 spiro atoms. The Morgan fingerprint density at radius 2 is 1.95 bits per heavy atom. The fraction of sp³-hybridized carbons (Fsp3) is 0.235. The highest BCUT2D eigenvalue weighted by Crippen LogP contribution is 2.15. The zero-order valence-corrected chi connectivity index (χ0v) is 13.4. The quantitative estimate of drug-likeness (QED) is 0.442. The number of benzene rings is 2. The van der Waals surface area contributed by atoms with Gasteiger partial charge in [-0.15, -0.1) is 0 Å². The first kappa shape index (κ1) is 16.4. The maximum atomic E-state index is 12.1. The van der Waals surface area contributed by atoms with Crippen LogP contribution < -0.4 is 15.0 Å². The van der Waals surface area contributed by atoms with E-state index in [2.05, 4.69) is 17.2 Å². The van der Waals surface area contributed by atoms with Gasteiger partial charge < -0.3 is 4.74 Å². The molecule has 22 heavy (non-hydrogen) atoms. The molecule has 0 saturated carbocycles. The predicted molar refractivity (Wildman–Crippen MR) is 89.7 cm³/mol. The molecule has 5 heteroatoms. The van der Waals surface area contributed by atoms with Crippen LogP contribution in [0.15, 0.2) is 59.5 Å². The average Bonchev–Trinajstić information content (AvgIpc) is 2.56. The normalized spacial score (nSPS) is 10.2. The fourth-order valence-corrected chi connectivity index (χ4v) is 2.31. The van der Waals surface area contributed by atoms with Gasteiger partial charge in [-0.1, -0.05) is 37.6 Å². The number of unbranched alkanes of at least 4 members (excludes halogenated alkanes) is 1. The molecule has 0 aliphatic heterocycles. The molecule has 2 rings (SSSR count). The summed E-state index contributed by atoms with van der Waals surface area (Å²) in [6.45, 7) is 2.78. The van der Waals surface area contributed by atoms with Crippen LogP contribution in [-0.2, 0) is 0 Å². The van der Waals surface area contributed by atoms with Crippen molar-refractivity contribution in [2.45, 2.75) is 24.7 Å². The van der Waals surface area contributed by atoms with Crippen LogP contribution in [0.3, 0.4) is 0 Å². The minimum atomic E-state index is -0.190. The lowest BCUT2D eigenvalue weighted by Gasteiger charge is -2.09. The molecule has 0 heterocycles. The largest absolute Gasteiger partial charge is 0.494 e. The second kappa shape index (κ2) is 9.12. The van der Waals surface area contributed by atoms with Gasteiger partial charge in [0.05, 0.1) is 6.61 Å². The van der Waals surface area contributed by atoms with E-state index in [4.69, 9.17) is 4.74 Å². The lowest BCUT2D eigenvalue weighted by molar-refractivity contribution is 0.0946. The lowest BCUT2D eigenvalue weighted by atomic mass is 10.2. The van der Waals surface area contributed by atoms with E-state index >= 15 is 0 Å². The Morgan fingerprint density at radius 1 is 1.14 bits per heavy atom. The fourth-order valence-electron chi connectivity index (χ4n) is 1.75. The summed E-state index contributed by atoms with van der Waals surface area (Å²) in [5, 5.41) is 0. The third-order valence-corrected chi connectivity index (χ3v) is 3.65. The Hall–Kier alpha value is -1.98. The summed E-state index contributed by atoms with van der Waals surface area (Å²) >= 11 is 1.35. The van der Waals surface area contributed by atoms with Crippen LogP contribution in [0.25, 0.3) is 0 Å². The van der Waals surface area contributed by atoms with E-state index in [1.54, 1.807) is 12.1 Å². The molecular formula is C17H20N2O2S. The molecule has 2 N–H and O–H groups in total. The first-order chi connectivity index (χ1) is 10.8. The molecule has 0 atom stereocenters. The van der Waals surface area contributed by atoms with Crippen LogP contribution in [0.2, 0.25) is 0 Å². The zero-order valence-electron chi connectivity index (χ0n) is 12.5. The van der Waals surface area contributed by atoms with Crippen LogP contribution in [0.5, 0.6) is 5.75 Å². The van der Waals surface area contributed by atoms with Gasteiger partial charge in [0.15, 0.2) is 0 Å². The summed E-state index contributed by atoms with van der Waals surface area (Å²) in [5.41, 5.74) is 3.23. The second-order valence-electron chi connectivity index (χ2n) is 4.70. The van der Waals surface area contributed by atoms with E-state index in [0.29, 0.717) is 12.2 Å². The molecule has 1 amide bonds. The van der Waals surface area contributed by atoms with Gasteiger partial charge in [0, 0.05) is 10.5 Å². The standard InChI is InChI=1S/C17H20N2O2S/c1-2-3-12-21-15-9-7-8-14(13-15)17(20)18-19-22-16-10-5-4-6-11-16/h4-11,13,19H,2-3,12H2,1H3,(H,18,20). The molecule has 0 aliphatic rings. The SMILES string of the molecule is CCCCOc1cccc(C(=O)NNSc2ccccc2)c1. The third-order valence-electron chi connectivity index (χ3n) is 2.94. The molecule has 116 valence electrons. The Morgan fingerprint density at radius 3 is 2.73 bits per heavy atom. The maximum absolute atomic E-state index is 12.1. The molecule has 0 fully saturated rings. The summed E-state index contributed by atoms with van der Waals surface area (Å²) in [6.07, 6.45) is 2.09. The number of carbonyl (C=O) groups excluding carboxylic acids is 1. The highest BCUT2D eigenvalue weighted by atomic mass is 32.2. The van der Waals surface area contributed by atoms with Crippen molar-refractivity contribution in [3.05, 3.63) is 60.2 Å². The van der Waals surface area contributed by atoms with E-state index < -0.39 is 0 Å². The van der Waals surface area contributed by atoms with Gasteiger partial charge in [0.1, 0.15) is 5.75 Å². The summed E-state index contributed by atoms with van der Waals surface area (Å²) < 4.78 is 5.61. The van der Waals surface area contributed by atoms with Gasteiger partial charge in [0.2, 0.25) is 0 Å². The lowest BCUT2D eigenvalue weighted by Crippen LogP contribution is -2.32. The zero-order chi connectivity index (χ0) is 15.6. The molecule has 0 aromatic heterocycles. The molecule has 0 bridgehead atoms. The Bertz CT molecular complexity index is 590. The molecule has 4 nitrogen and oxygen atoms in total. The molecule has 0 saturated heterocycles. The van der Waals surface area contributed by atoms with Crippen LogP contribution in [-0.4, -0.2) is 12.5 Å². The van der Waals surface area contributed by atoms with Gasteiger partial charge in [-0.05, 0) is 48.7 Å². The van der Waals surface area contributed by atoms with E-state index in [9.17, 15) is 4.79 Å². The molecule has 0 unspecified atom stereocenters. The van der Waals surface area contributed by atoms with Crippen molar-refractivity contribution < 1.29 is 9.53 Å². The minimum Gasteiger partial charge on any atom is -0.494 e. The van der Waals surface area contributed by atoms with Crippen molar-refractivity contribution in [2.75, 3.05) is 6.61 Å². The first-order valence-electron chi connectivity index (χ1n) is 7.29. The molecule has 2 aromatic rings. The minimum absolute atomic E-state index is 0.190. The number of hydrogen-bond donors (Lipinski definition) is 2. The molecule has 2 aromatic carbocycles. The van der Waals surface area contributed by atoms with Crippen molar-refractivity contribution in [2.24, 2.45) is 0 Å². The number of amides is 1. The Kier molecular flexibility index (Phi) is 6.80. The van der Waals surface area contributed by atoms with Gasteiger partial charge in [-0.3, -0.25) is 10.2 Å². The van der Waals surface area contributed by atoms with Crippen LogP contribution >= 0.6 is 11.9 Å². The first-order valence-corrected chi connectivity index (χ1v) is 8.11. The highest BCUT2D eigenvalue weighted by Gasteiger charge is 2.06. The van der Waals surface area contributed by atoms with Gasteiger partial charge in [-0.25, -0.2) is 0 Å². The van der Waals surface area contributed by atoms with E-state index in [-0.39, 0.29) is 5.91 Å². The number of nitrogens with one attached hydrogen (secondary N) is 2. The number of rotatable bonds is 8. The van der Waals surface area contributed by atoms with Crippen molar-refractivity contribution >= 4 is 17.9 Å². The van der Waals surface area contributed by atoms with E-state index in [1.807, 2.05) is 42.5 Å². The second-order valence-corrected chi connectivity index (χ2v) is 5.58. The van der Waals surface area contributed by atoms with Crippen molar-refractivity contribution in [3.63, 3.8) is 0 Å². The summed E-state index contributed by atoms with van der Waals surface area (Å²) in [5.74, 6) is 0.529. The van der Waals surface area contributed by atoms with Crippen LogP contribution in [0, 0.1) is 0 Å². The van der Waals surface area contributed by atoms with Crippen LogP contribution in [0.1, 0.15) is 30.1 Å². The van der Waals surface area contributed by atoms with Crippen molar-refractivity contribution in [1.82, 2.24) is 10.3 Å². The number of hydrazine groups is 1. The van der Waals surface area contributed by atoms with E-state index in [1.165, 1.54) is 11.9 Å². The molecular weight excluding hydrogens is 296 g/mol. The van der Waals surface area contributed by atoms with Gasteiger partial charge in [0.25, 0.3) is 5.91 Å². The van der Waals surface area contributed by atoms with Gasteiger partial charge in [-0.2, -0.15) is 4.83 Å². The average molecular weight is 316 g/mol. The number of carbonyl (C=O) groups is 1. The monoisotopic (exact) mass is 316 g/mol. The van der Waals surface area contributed by atoms with Crippen molar-refractivity contribution in [3.8, 4) is 5.75 Å². The molecule has 0 aliphatic carbocycles. The number of ether oxygens (including phenoxy) is 1. The van der Waals surface area contributed by atoms with Crippen LogP contribution in [0.4, 0.5) is 0 Å². The number of hydrogen-bond acceptors (Lipinski definition) is 4. The van der Waals surface area contributed by atoms with Crippen molar-refractivity contribution in [1.29, 1.82) is 0 Å². The van der Waals surface area contributed by atoms with E-state index in [0.717, 1.165) is 23.5 Å². The highest BCUT2D eigenvalue weighted by molar-refractivity contribution is 7.97. The summed E-state index contributed by atoms with van der Waals surface area (Å²) in [7, 11) is 0. The Balaban J connectivity index is 1.82. The Labute approximate surface area is 135 Å². The third kappa shape index (κ3) is 5.42. The topological polar surface area (TPSA) is 50.4 Å². The molecule has 0 radical (unpaired) electrons. The van der Waals surface area contributed by atoms with Gasteiger partial charge >= 0.3 is 0 Å². The summed E-state index contributed by atoms with van der Waals surface area (Å²) in [4.78, 5) is 15.9. The maximum Gasteiger partial charge on any atom is 0.266 e. The smallest absolute Gasteiger partial charge is 0.266 e. The predicted octanol–water partition coefficient (Wildman–Crippen LogP) is 3.81.